The van der Waals surface area contributed by atoms with Crippen LogP contribution in [0, 0.1) is 11.8 Å². The summed E-state index contributed by atoms with van der Waals surface area (Å²) in [5.74, 6) is -0.410. The quantitative estimate of drug-likeness (QED) is 0.581. The van der Waals surface area contributed by atoms with E-state index in [0.29, 0.717) is 12.0 Å². The van der Waals surface area contributed by atoms with Crippen molar-refractivity contribution in [2.45, 2.75) is 59.2 Å². The number of esters is 1. The number of aliphatic hydroxyl groups is 1. The Hall–Kier alpha value is -2.27. The Bertz CT molecular complexity index is 747. The molecule has 1 aliphatic carbocycles. The number of allylic oxidation sites excluding steroid dienone is 2. The van der Waals surface area contributed by atoms with E-state index in [4.69, 9.17) is 9.47 Å². The Kier molecular flexibility index (Phi) is 7.69. The zero-order chi connectivity index (χ0) is 20.8. The Balaban J connectivity index is 2.33. The van der Waals surface area contributed by atoms with Crippen molar-refractivity contribution in [3.63, 3.8) is 0 Å². The van der Waals surface area contributed by atoms with Gasteiger partial charge in [0.2, 0.25) is 0 Å². The first-order valence-electron chi connectivity index (χ1n) is 9.82. The molecule has 0 aliphatic heterocycles. The van der Waals surface area contributed by atoms with E-state index < -0.39 is 18.2 Å². The topological polar surface area (TPSA) is 76.0 Å². The van der Waals surface area contributed by atoms with Gasteiger partial charge in [0.15, 0.2) is 11.5 Å². The second kappa shape index (κ2) is 9.78. The maximum absolute atomic E-state index is 12.8. The minimum absolute atomic E-state index is 0.0346. The van der Waals surface area contributed by atoms with Gasteiger partial charge in [0.05, 0.1) is 18.8 Å². The first-order valence-corrected chi connectivity index (χ1v) is 9.82. The summed E-state index contributed by atoms with van der Waals surface area (Å²) in [6.07, 6.45) is 5.33. The summed E-state index contributed by atoms with van der Waals surface area (Å²) < 4.78 is 11.0. The fourth-order valence-corrected chi connectivity index (χ4v) is 3.74. The average Bonchev–Trinajstić information content (AvgIpc) is 2.61. The van der Waals surface area contributed by atoms with Crippen LogP contribution in [0.2, 0.25) is 0 Å². The molecule has 5 nitrogen and oxygen atoms in total. The molecule has 0 unspecified atom stereocenters. The number of hydrogen-bond acceptors (Lipinski definition) is 5. The van der Waals surface area contributed by atoms with Crippen LogP contribution in [-0.4, -0.2) is 35.5 Å². The number of aliphatic hydroxyl groups excluding tert-OH is 1. The van der Waals surface area contributed by atoms with Crippen molar-refractivity contribution in [1.29, 1.82) is 0 Å². The van der Waals surface area contributed by atoms with E-state index in [1.54, 1.807) is 0 Å². The number of phenolic OH excluding ortho intramolecular Hbond substituents is 1. The molecule has 2 N–H and O–H groups in total. The second-order valence-corrected chi connectivity index (χ2v) is 7.95. The summed E-state index contributed by atoms with van der Waals surface area (Å²) >= 11 is 0. The first kappa shape index (κ1) is 22.0. The van der Waals surface area contributed by atoms with Gasteiger partial charge in [-0.05, 0) is 50.8 Å². The number of carbonyl (C=O) groups is 1. The van der Waals surface area contributed by atoms with Crippen LogP contribution in [0.3, 0.4) is 0 Å². The van der Waals surface area contributed by atoms with Gasteiger partial charge in [-0.25, -0.2) is 4.79 Å². The molecule has 28 heavy (non-hydrogen) atoms. The predicted octanol–water partition coefficient (Wildman–Crippen LogP) is 4.64. The van der Waals surface area contributed by atoms with E-state index in [0.717, 1.165) is 24.0 Å². The van der Waals surface area contributed by atoms with Crippen LogP contribution in [0.25, 0.3) is 0 Å². The minimum Gasteiger partial charge on any atom is -0.504 e. The maximum Gasteiger partial charge on any atom is 0.338 e. The van der Waals surface area contributed by atoms with Crippen LogP contribution < -0.4 is 4.74 Å². The number of hydrogen-bond donors (Lipinski definition) is 2. The number of phenols is 1. The lowest BCUT2D eigenvalue weighted by atomic mass is 9.81. The number of aromatic hydroxyl groups is 1. The largest absolute Gasteiger partial charge is 0.504 e. The van der Waals surface area contributed by atoms with E-state index >= 15 is 0 Å². The lowest BCUT2D eigenvalue weighted by Crippen LogP contribution is -2.38. The zero-order valence-electron chi connectivity index (χ0n) is 17.4. The van der Waals surface area contributed by atoms with Gasteiger partial charge in [0.25, 0.3) is 0 Å². The van der Waals surface area contributed by atoms with Crippen LogP contribution in [0.15, 0.2) is 41.5 Å². The molecule has 0 fully saturated rings. The van der Waals surface area contributed by atoms with Gasteiger partial charge in [-0.1, -0.05) is 37.1 Å². The molecule has 0 amide bonds. The van der Waals surface area contributed by atoms with Gasteiger partial charge in [0, 0.05) is 12.3 Å². The average molecular weight is 389 g/mol. The predicted molar refractivity (Wildman–Crippen MR) is 110 cm³/mol. The van der Waals surface area contributed by atoms with Crippen molar-refractivity contribution >= 4 is 5.97 Å². The second-order valence-electron chi connectivity index (χ2n) is 7.95. The van der Waals surface area contributed by atoms with Crippen molar-refractivity contribution < 1.29 is 24.5 Å². The van der Waals surface area contributed by atoms with Gasteiger partial charge in [-0.2, -0.15) is 0 Å². The number of carbonyl (C=O) groups excluding carboxylic acids is 1. The van der Waals surface area contributed by atoms with E-state index in [9.17, 15) is 15.0 Å². The van der Waals surface area contributed by atoms with E-state index in [1.165, 1.54) is 25.3 Å². The molecular formula is C23H32O5. The molecule has 5 heteroatoms. The highest BCUT2D eigenvalue weighted by molar-refractivity contribution is 5.90. The van der Waals surface area contributed by atoms with Crippen molar-refractivity contribution in [2.24, 2.45) is 11.8 Å². The van der Waals surface area contributed by atoms with Crippen LogP contribution in [0.4, 0.5) is 0 Å². The van der Waals surface area contributed by atoms with Gasteiger partial charge in [0.1, 0.15) is 6.10 Å². The highest BCUT2D eigenvalue weighted by Gasteiger charge is 2.33. The summed E-state index contributed by atoms with van der Waals surface area (Å²) in [6.45, 7) is 8.13. The first-order chi connectivity index (χ1) is 13.2. The molecule has 0 radical (unpaired) electrons. The van der Waals surface area contributed by atoms with Crippen molar-refractivity contribution in [3.8, 4) is 11.5 Å². The zero-order valence-corrected chi connectivity index (χ0v) is 17.4. The normalized spacial score (nSPS) is 27.3. The van der Waals surface area contributed by atoms with E-state index in [1.807, 2.05) is 33.8 Å². The molecule has 0 bridgehead atoms. The SMILES string of the molecule is COc1cc(C(=O)O[C@@H]2C/C(C)=C\CC/C(C)=C/[C@H](O)[C@H]2C(C)C)ccc1O. The van der Waals surface area contributed by atoms with Crippen molar-refractivity contribution in [2.75, 3.05) is 7.11 Å². The standard InChI is InChI=1S/C23H32O5/c1-14(2)22-19(25)11-15(3)7-6-8-16(4)12-21(22)28-23(26)17-9-10-18(24)20(13-17)27-5/h8-11,13-14,19,21-22,24-25H,6-7,12H2,1-5H3/b15-11+,16-8-/t19-,21+,22+/m0/s1. The summed E-state index contributed by atoms with van der Waals surface area (Å²) in [7, 11) is 1.43. The lowest BCUT2D eigenvalue weighted by molar-refractivity contribution is -0.0217. The number of rotatable bonds is 4. The molecule has 0 spiro atoms. The molecule has 0 saturated heterocycles. The van der Waals surface area contributed by atoms with E-state index in [-0.39, 0.29) is 23.3 Å². The van der Waals surface area contributed by atoms with Crippen LogP contribution in [0.5, 0.6) is 11.5 Å². The highest BCUT2D eigenvalue weighted by atomic mass is 16.5. The highest BCUT2D eigenvalue weighted by Crippen LogP contribution is 2.31. The number of methoxy groups -OCH3 is 1. The lowest BCUT2D eigenvalue weighted by Gasteiger charge is -2.33. The van der Waals surface area contributed by atoms with Gasteiger partial charge in [-0.15, -0.1) is 0 Å². The fraction of sp³-hybridized carbons (Fsp3) is 0.522. The molecule has 1 aromatic rings. The summed E-state index contributed by atoms with van der Waals surface area (Å²) in [5.41, 5.74) is 2.59. The summed E-state index contributed by atoms with van der Waals surface area (Å²) in [5, 5.41) is 20.6. The van der Waals surface area contributed by atoms with Gasteiger partial charge in [-0.3, -0.25) is 0 Å². The number of ether oxygens (including phenoxy) is 2. The molecule has 0 saturated carbocycles. The van der Waals surface area contributed by atoms with Crippen molar-refractivity contribution in [3.05, 3.63) is 47.1 Å². The van der Waals surface area contributed by atoms with Crippen LogP contribution in [0.1, 0.15) is 57.3 Å². The summed E-state index contributed by atoms with van der Waals surface area (Å²) in [6, 6.07) is 4.38. The smallest absolute Gasteiger partial charge is 0.338 e. The molecule has 3 atom stereocenters. The molecule has 1 aromatic carbocycles. The van der Waals surface area contributed by atoms with Crippen molar-refractivity contribution in [1.82, 2.24) is 0 Å². The van der Waals surface area contributed by atoms with Gasteiger partial charge < -0.3 is 19.7 Å². The Morgan fingerprint density at radius 1 is 1.21 bits per heavy atom. The Morgan fingerprint density at radius 3 is 2.57 bits per heavy atom. The third kappa shape index (κ3) is 5.61. The molecule has 0 aromatic heterocycles. The summed E-state index contributed by atoms with van der Waals surface area (Å²) in [4.78, 5) is 12.8. The molecule has 154 valence electrons. The van der Waals surface area contributed by atoms with Crippen LogP contribution in [-0.2, 0) is 4.74 Å². The third-order valence-corrected chi connectivity index (χ3v) is 5.28. The monoisotopic (exact) mass is 388 g/mol. The molecule has 1 aliphatic rings. The molecular weight excluding hydrogens is 356 g/mol. The third-order valence-electron chi connectivity index (χ3n) is 5.28. The molecule has 0 heterocycles. The van der Waals surface area contributed by atoms with Crippen LogP contribution >= 0.6 is 0 Å². The van der Waals surface area contributed by atoms with Gasteiger partial charge >= 0.3 is 5.97 Å². The minimum atomic E-state index is -0.682. The maximum atomic E-state index is 12.8. The number of benzene rings is 1. The van der Waals surface area contributed by atoms with E-state index in [2.05, 4.69) is 6.08 Å². The Morgan fingerprint density at radius 2 is 1.93 bits per heavy atom. The molecule has 2 rings (SSSR count). The fourth-order valence-electron chi connectivity index (χ4n) is 3.74. The Labute approximate surface area is 167 Å².